The largest absolute Gasteiger partial charge is 0.346 e. The van der Waals surface area contributed by atoms with Crippen molar-refractivity contribution < 1.29 is 0 Å². The standard InChI is InChI=1S/C20H32N2/c1-3-5-7-9-15-21-17-11-13-19(21)20-14-12-18-22(20)16-10-8-6-4-2/h11-14,17-18H,3-10,15-16H2,1-2H3. The van der Waals surface area contributed by atoms with Gasteiger partial charge in [0.05, 0.1) is 11.4 Å². The first-order valence-electron chi connectivity index (χ1n) is 9.17. The first-order chi connectivity index (χ1) is 10.9. The summed E-state index contributed by atoms with van der Waals surface area (Å²) in [5.74, 6) is 0. The third kappa shape index (κ3) is 4.79. The van der Waals surface area contributed by atoms with Crippen molar-refractivity contribution in [3.05, 3.63) is 36.7 Å². The predicted molar refractivity (Wildman–Crippen MR) is 96.1 cm³/mol. The molecule has 0 aliphatic carbocycles. The lowest BCUT2D eigenvalue weighted by atomic mass is 10.2. The summed E-state index contributed by atoms with van der Waals surface area (Å²) in [6.45, 7) is 6.83. The molecule has 0 N–H and O–H groups in total. The monoisotopic (exact) mass is 300 g/mol. The molecular weight excluding hydrogens is 268 g/mol. The molecule has 0 saturated heterocycles. The minimum Gasteiger partial charge on any atom is -0.346 e. The average Bonchev–Trinajstić information content (AvgIpc) is 3.16. The summed E-state index contributed by atoms with van der Waals surface area (Å²) < 4.78 is 4.85. The van der Waals surface area contributed by atoms with Gasteiger partial charge in [0.25, 0.3) is 0 Å². The molecule has 0 spiro atoms. The van der Waals surface area contributed by atoms with Crippen LogP contribution in [0.5, 0.6) is 0 Å². The summed E-state index contributed by atoms with van der Waals surface area (Å²) in [4.78, 5) is 0. The Labute approximate surface area is 136 Å². The normalized spacial score (nSPS) is 11.2. The first kappa shape index (κ1) is 16.9. The average molecular weight is 300 g/mol. The molecule has 2 heterocycles. The van der Waals surface area contributed by atoms with Crippen LogP contribution in [-0.2, 0) is 13.1 Å². The van der Waals surface area contributed by atoms with Gasteiger partial charge in [-0.25, -0.2) is 0 Å². The summed E-state index contributed by atoms with van der Waals surface area (Å²) >= 11 is 0. The number of aromatic nitrogens is 2. The fourth-order valence-electron chi connectivity index (χ4n) is 3.10. The van der Waals surface area contributed by atoms with Gasteiger partial charge in [-0.1, -0.05) is 52.4 Å². The van der Waals surface area contributed by atoms with E-state index in [1.54, 1.807) is 0 Å². The van der Waals surface area contributed by atoms with Crippen LogP contribution in [0.1, 0.15) is 65.2 Å². The van der Waals surface area contributed by atoms with Gasteiger partial charge in [-0.3, -0.25) is 0 Å². The number of nitrogens with zero attached hydrogens (tertiary/aromatic N) is 2. The van der Waals surface area contributed by atoms with E-state index >= 15 is 0 Å². The van der Waals surface area contributed by atoms with Crippen LogP contribution < -0.4 is 0 Å². The van der Waals surface area contributed by atoms with Crippen LogP contribution in [0.2, 0.25) is 0 Å². The molecule has 2 rings (SSSR count). The first-order valence-corrected chi connectivity index (χ1v) is 9.17. The Balaban J connectivity index is 1.97. The van der Waals surface area contributed by atoms with Gasteiger partial charge in [0.1, 0.15) is 0 Å². The number of hydrogen-bond donors (Lipinski definition) is 0. The van der Waals surface area contributed by atoms with Crippen molar-refractivity contribution in [2.75, 3.05) is 0 Å². The zero-order valence-corrected chi connectivity index (χ0v) is 14.4. The van der Waals surface area contributed by atoms with Crippen molar-refractivity contribution in [2.24, 2.45) is 0 Å². The number of hydrogen-bond acceptors (Lipinski definition) is 0. The highest BCUT2D eigenvalue weighted by molar-refractivity contribution is 5.56. The molecule has 22 heavy (non-hydrogen) atoms. The minimum atomic E-state index is 1.14. The van der Waals surface area contributed by atoms with Crippen molar-refractivity contribution >= 4 is 0 Å². The predicted octanol–water partition coefficient (Wildman–Crippen LogP) is 6.12. The van der Waals surface area contributed by atoms with E-state index in [1.165, 1.54) is 62.8 Å². The highest BCUT2D eigenvalue weighted by atomic mass is 15.0. The van der Waals surface area contributed by atoms with Gasteiger partial charge < -0.3 is 9.13 Å². The Hall–Kier alpha value is -1.44. The van der Waals surface area contributed by atoms with Crippen LogP contribution in [0, 0.1) is 0 Å². The molecule has 0 saturated carbocycles. The summed E-state index contributed by atoms with van der Waals surface area (Å²) in [7, 11) is 0. The SMILES string of the molecule is CCCCCCn1cccc1-c1cccn1CCCCCC. The maximum atomic E-state index is 2.42. The van der Waals surface area contributed by atoms with Gasteiger partial charge in [-0.2, -0.15) is 0 Å². The molecule has 2 aromatic heterocycles. The second-order valence-electron chi connectivity index (χ2n) is 6.29. The van der Waals surface area contributed by atoms with Gasteiger partial charge in [0.2, 0.25) is 0 Å². The van der Waals surface area contributed by atoms with E-state index < -0.39 is 0 Å². The molecule has 2 nitrogen and oxygen atoms in total. The highest BCUT2D eigenvalue weighted by Crippen LogP contribution is 2.22. The van der Waals surface area contributed by atoms with E-state index in [0.29, 0.717) is 0 Å². The second-order valence-corrected chi connectivity index (χ2v) is 6.29. The zero-order chi connectivity index (χ0) is 15.6. The second kappa shape index (κ2) is 9.55. The molecule has 0 unspecified atom stereocenters. The van der Waals surface area contributed by atoms with E-state index in [-0.39, 0.29) is 0 Å². The summed E-state index contributed by atoms with van der Waals surface area (Å²) in [6, 6.07) is 8.89. The molecule has 0 radical (unpaired) electrons. The number of rotatable bonds is 11. The van der Waals surface area contributed by atoms with Crippen molar-refractivity contribution in [1.29, 1.82) is 0 Å². The molecule has 0 aliphatic heterocycles. The Morgan fingerprint density at radius 2 is 1.09 bits per heavy atom. The summed E-state index contributed by atoms with van der Waals surface area (Å²) in [6.07, 6.45) is 15.0. The topological polar surface area (TPSA) is 9.86 Å². The summed E-state index contributed by atoms with van der Waals surface area (Å²) in [5, 5.41) is 0. The molecule has 0 bridgehead atoms. The zero-order valence-electron chi connectivity index (χ0n) is 14.4. The van der Waals surface area contributed by atoms with Gasteiger partial charge in [0.15, 0.2) is 0 Å². The van der Waals surface area contributed by atoms with Crippen molar-refractivity contribution in [1.82, 2.24) is 9.13 Å². The third-order valence-electron chi connectivity index (χ3n) is 4.43. The van der Waals surface area contributed by atoms with Crippen LogP contribution in [0.3, 0.4) is 0 Å². The Morgan fingerprint density at radius 3 is 1.50 bits per heavy atom. The van der Waals surface area contributed by atoms with Crippen LogP contribution in [0.4, 0.5) is 0 Å². The molecule has 2 aromatic rings. The van der Waals surface area contributed by atoms with Gasteiger partial charge in [0, 0.05) is 25.5 Å². The Bertz CT molecular complexity index is 473. The van der Waals surface area contributed by atoms with E-state index in [9.17, 15) is 0 Å². The van der Waals surface area contributed by atoms with Crippen molar-refractivity contribution in [3.8, 4) is 11.4 Å². The minimum absolute atomic E-state index is 1.14. The summed E-state index contributed by atoms with van der Waals surface area (Å²) in [5.41, 5.74) is 2.74. The molecule has 0 amide bonds. The molecule has 0 fully saturated rings. The van der Waals surface area contributed by atoms with Crippen molar-refractivity contribution in [2.45, 2.75) is 78.3 Å². The molecule has 122 valence electrons. The lowest BCUT2D eigenvalue weighted by Gasteiger charge is -2.13. The lowest BCUT2D eigenvalue weighted by Crippen LogP contribution is -2.04. The quantitative estimate of drug-likeness (QED) is 0.443. The molecule has 0 aliphatic rings. The van der Waals surface area contributed by atoms with Gasteiger partial charge in [-0.05, 0) is 37.1 Å². The van der Waals surface area contributed by atoms with Crippen LogP contribution in [-0.4, -0.2) is 9.13 Å². The van der Waals surface area contributed by atoms with Gasteiger partial charge in [-0.15, -0.1) is 0 Å². The molecule has 0 aromatic carbocycles. The van der Waals surface area contributed by atoms with Crippen LogP contribution in [0.25, 0.3) is 11.4 Å². The Morgan fingerprint density at radius 1 is 0.636 bits per heavy atom. The van der Waals surface area contributed by atoms with E-state index in [1.807, 2.05) is 0 Å². The molecule has 0 atom stereocenters. The van der Waals surface area contributed by atoms with E-state index in [0.717, 1.165) is 13.1 Å². The number of unbranched alkanes of at least 4 members (excludes halogenated alkanes) is 6. The lowest BCUT2D eigenvalue weighted by molar-refractivity contribution is 0.574. The third-order valence-corrected chi connectivity index (χ3v) is 4.43. The fraction of sp³-hybridized carbons (Fsp3) is 0.600. The fourth-order valence-corrected chi connectivity index (χ4v) is 3.10. The van der Waals surface area contributed by atoms with E-state index in [4.69, 9.17) is 0 Å². The smallest absolute Gasteiger partial charge is 0.0647 e. The molecular formula is C20H32N2. The van der Waals surface area contributed by atoms with Crippen LogP contribution in [0.15, 0.2) is 36.7 Å². The van der Waals surface area contributed by atoms with E-state index in [2.05, 4.69) is 59.6 Å². The maximum Gasteiger partial charge on any atom is 0.0647 e. The number of aryl methyl sites for hydroxylation is 2. The van der Waals surface area contributed by atoms with Gasteiger partial charge >= 0.3 is 0 Å². The van der Waals surface area contributed by atoms with Crippen LogP contribution >= 0.6 is 0 Å². The Kier molecular flexibility index (Phi) is 7.35. The maximum absolute atomic E-state index is 2.42. The van der Waals surface area contributed by atoms with Crippen molar-refractivity contribution in [3.63, 3.8) is 0 Å². The highest BCUT2D eigenvalue weighted by Gasteiger charge is 2.08. The molecule has 2 heteroatoms.